The van der Waals surface area contributed by atoms with Gasteiger partial charge in [0.1, 0.15) is 12.8 Å². The molecule has 1 aromatic heterocycles. The van der Waals surface area contributed by atoms with Crippen LogP contribution in [0.25, 0.3) is 0 Å². The average Bonchev–Trinajstić information content (AvgIpc) is 2.38. The molecular weight excluding hydrogens is 220 g/mol. The third-order valence-electron chi connectivity index (χ3n) is 2.16. The van der Waals surface area contributed by atoms with Crippen LogP contribution >= 0.6 is 0 Å². The summed E-state index contributed by atoms with van der Waals surface area (Å²) < 4.78 is 5.38. The fourth-order valence-electron chi connectivity index (χ4n) is 1.37. The number of pyridine rings is 1. The van der Waals surface area contributed by atoms with Crippen LogP contribution in [-0.2, 0) is 6.61 Å². The van der Waals surface area contributed by atoms with Crippen LogP contribution in [0.1, 0.15) is 5.56 Å². The molecule has 0 unspecified atom stereocenters. The van der Waals surface area contributed by atoms with Crippen LogP contribution in [0.4, 0.5) is 5.82 Å². The summed E-state index contributed by atoms with van der Waals surface area (Å²) in [6.07, 6.45) is 1.37. The monoisotopic (exact) mass is 230 g/mol. The van der Waals surface area contributed by atoms with Gasteiger partial charge in [0.05, 0.1) is 0 Å². The summed E-state index contributed by atoms with van der Waals surface area (Å²) in [6, 6.07) is 12.6. The molecule has 5 heteroatoms. The van der Waals surface area contributed by atoms with Gasteiger partial charge in [-0.05, 0) is 27.6 Å². The first-order chi connectivity index (χ1) is 8.27. The van der Waals surface area contributed by atoms with Gasteiger partial charge in [-0.3, -0.25) is 0 Å². The van der Waals surface area contributed by atoms with Crippen molar-refractivity contribution in [1.82, 2.24) is 4.98 Å². The van der Waals surface area contributed by atoms with Gasteiger partial charge in [0.25, 0.3) is 0 Å². The molecule has 1 heterocycles. The van der Waals surface area contributed by atoms with E-state index in [0.717, 1.165) is 5.56 Å². The second-order valence-electron chi connectivity index (χ2n) is 3.36. The van der Waals surface area contributed by atoms with E-state index in [1.54, 1.807) is 6.07 Å². The number of hydrogen-bond acceptors (Lipinski definition) is 4. The molecule has 2 rings (SSSR count). The van der Waals surface area contributed by atoms with E-state index in [1.165, 1.54) is 12.3 Å². The van der Waals surface area contributed by atoms with Crippen LogP contribution in [0.2, 0.25) is 0 Å². The normalized spacial score (nSPS) is 9.88. The molecular formula is C12H10N2O3. The lowest BCUT2D eigenvalue weighted by molar-refractivity contribution is -0.390. The van der Waals surface area contributed by atoms with Gasteiger partial charge in [0.15, 0.2) is 0 Å². The quantitative estimate of drug-likeness (QED) is 0.598. The van der Waals surface area contributed by atoms with E-state index in [2.05, 4.69) is 4.98 Å². The number of hydrogen-bond donors (Lipinski definition) is 0. The third-order valence-corrected chi connectivity index (χ3v) is 2.16. The van der Waals surface area contributed by atoms with Gasteiger partial charge in [-0.15, -0.1) is 0 Å². The number of benzene rings is 1. The Morgan fingerprint density at radius 2 is 1.94 bits per heavy atom. The highest BCUT2D eigenvalue weighted by molar-refractivity contribution is 5.38. The average molecular weight is 230 g/mol. The highest BCUT2D eigenvalue weighted by Crippen LogP contribution is 2.23. The van der Waals surface area contributed by atoms with Gasteiger partial charge in [0, 0.05) is 0 Å². The maximum absolute atomic E-state index is 10.7. The summed E-state index contributed by atoms with van der Waals surface area (Å²) in [5, 5.41) is 10.7. The lowest BCUT2D eigenvalue weighted by Gasteiger charge is -2.05. The lowest BCUT2D eigenvalue weighted by atomic mass is 10.2. The fraction of sp³-hybridized carbons (Fsp3) is 0.0833. The van der Waals surface area contributed by atoms with E-state index in [1.807, 2.05) is 30.3 Å². The molecule has 0 aliphatic rings. The Morgan fingerprint density at radius 1 is 1.18 bits per heavy atom. The van der Waals surface area contributed by atoms with Crippen molar-refractivity contribution in [1.29, 1.82) is 0 Å². The minimum Gasteiger partial charge on any atom is -0.481 e. The highest BCUT2D eigenvalue weighted by Gasteiger charge is 2.15. The Morgan fingerprint density at radius 3 is 2.65 bits per heavy atom. The predicted octanol–water partition coefficient (Wildman–Crippen LogP) is 2.57. The van der Waals surface area contributed by atoms with Crippen molar-refractivity contribution in [2.24, 2.45) is 0 Å². The second kappa shape index (κ2) is 5.07. The van der Waals surface area contributed by atoms with E-state index >= 15 is 0 Å². The van der Waals surface area contributed by atoms with E-state index < -0.39 is 4.92 Å². The lowest BCUT2D eigenvalue weighted by Crippen LogP contribution is -2.00. The minimum atomic E-state index is -0.555. The largest absolute Gasteiger partial charge is 0.481 e. The fourth-order valence-corrected chi connectivity index (χ4v) is 1.37. The van der Waals surface area contributed by atoms with Crippen LogP contribution in [0.3, 0.4) is 0 Å². The Labute approximate surface area is 97.8 Å². The molecule has 0 amide bonds. The second-order valence-corrected chi connectivity index (χ2v) is 3.36. The zero-order valence-electron chi connectivity index (χ0n) is 8.95. The Hall–Kier alpha value is -2.43. The van der Waals surface area contributed by atoms with Gasteiger partial charge in [0.2, 0.25) is 5.75 Å². The third kappa shape index (κ3) is 2.78. The summed E-state index contributed by atoms with van der Waals surface area (Å²) in [5.41, 5.74) is 0.950. The molecule has 0 N–H and O–H groups in total. The van der Waals surface area contributed by atoms with E-state index in [9.17, 15) is 10.1 Å². The van der Waals surface area contributed by atoms with Crippen LogP contribution in [0.15, 0.2) is 48.7 Å². The van der Waals surface area contributed by atoms with Gasteiger partial charge in [-0.2, -0.15) is 0 Å². The zero-order valence-corrected chi connectivity index (χ0v) is 8.95. The van der Waals surface area contributed by atoms with Crippen molar-refractivity contribution in [2.75, 3.05) is 0 Å². The van der Waals surface area contributed by atoms with E-state index in [4.69, 9.17) is 4.74 Å². The van der Waals surface area contributed by atoms with Gasteiger partial charge < -0.3 is 14.9 Å². The molecule has 0 radical (unpaired) electrons. The summed E-state index contributed by atoms with van der Waals surface area (Å²) in [7, 11) is 0. The molecule has 2 aromatic rings. The van der Waals surface area contributed by atoms with Crippen molar-refractivity contribution in [3.8, 4) is 5.75 Å². The molecule has 0 bridgehead atoms. The topological polar surface area (TPSA) is 65.3 Å². The van der Waals surface area contributed by atoms with Gasteiger partial charge in [-0.25, -0.2) is 0 Å². The smallest absolute Gasteiger partial charge is 0.406 e. The van der Waals surface area contributed by atoms with E-state index in [-0.39, 0.29) is 18.2 Å². The minimum absolute atomic E-state index is 0.182. The molecule has 0 aliphatic carbocycles. The van der Waals surface area contributed by atoms with Crippen LogP contribution < -0.4 is 4.74 Å². The van der Waals surface area contributed by atoms with Crippen LogP contribution in [0, 0.1) is 10.1 Å². The molecule has 1 aromatic carbocycles. The van der Waals surface area contributed by atoms with Gasteiger partial charge >= 0.3 is 5.82 Å². The van der Waals surface area contributed by atoms with Crippen LogP contribution in [-0.4, -0.2) is 9.91 Å². The van der Waals surface area contributed by atoms with Crippen molar-refractivity contribution < 1.29 is 9.66 Å². The molecule has 0 saturated heterocycles. The first-order valence-corrected chi connectivity index (χ1v) is 5.03. The summed E-state index contributed by atoms with van der Waals surface area (Å²) in [5.74, 6) is -0.0789. The Balaban J connectivity index is 2.12. The number of aromatic nitrogens is 1. The van der Waals surface area contributed by atoms with Crippen molar-refractivity contribution >= 4 is 5.82 Å². The standard InChI is InChI=1S/C12H10N2O3/c15-14(16)12-11(7-4-8-13-12)17-9-10-5-2-1-3-6-10/h1-8H,9H2. The molecule has 0 fully saturated rings. The molecule has 5 nitrogen and oxygen atoms in total. The molecule has 0 saturated carbocycles. The SMILES string of the molecule is O=[N+]([O-])c1ncccc1OCc1ccccc1. The summed E-state index contributed by atoms with van der Waals surface area (Å²) >= 11 is 0. The van der Waals surface area contributed by atoms with Gasteiger partial charge in [-0.1, -0.05) is 30.3 Å². The molecule has 0 spiro atoms. The van der Waals surface area contributed by atoms with Crippen LogP contribution in [0.5, 0.6) is 5.75 Å². The maximum atomic E-state index is 10.7. The Kier molecular flexibility index (Phi) is 3.30. The number of nitro groups is 1. The number of ether oxygens (including phenoxy) is 1. The van der Waals surface area contributed by atoms with Crippen molar-refractivity contribution in [3.05, 3.63) is 64.3 Å². The molecule has 17 heavy (non-hydrogen) atoms. The maximum Gasteiger partial charge on any atom is 0.406 e. The first-order valence-electron chi connectivity index (χ1n) is 5.03. The van der Waals surface area contributed by atoms with Crippen molar-refractivity contribution in [3.63, 3.8) is 0 Å². The first kappa shape index (κ1) is 11.1. The zero-order chi connectivity index (χ0) is 12.1. The van der Waals surface area contributed by atoms with E-state index in [0.29, 0.717) is 0 Å². The summed E-state index contributed by atoms with van der Waals surface area (Å²) in [6.45, 7) is 0.285. The molecule has 86 valence electrons. The summed E-state index contributed by atoms with van der Waals surface area (Å²) in [4.78, 5) is 13.8. The number of rotatable bonds is 4. The number of nitrogens with zero attached hydrogens (tertiary/aromatic N) is 2. The highest BCUT2D eigenvalue weighted by atomic mass is 16.6. The predicted molar refractivity (Wildman–Crippen MR) is 61.7 cm³/mol. The van der Waals surface area contributed by atoms with Crippen molar-refractivity contribution in [2.45, 2.75) is 6.61 Å². The Bertz CT molecular complexity index is 514. The molecule has 0 atom stereocenters. The molecule has 0 aliphatic heterocycles.